The van der Waals surface area contributed by atoms with Crippen molar-refractivity contribution >= 4 is 48.8 Å². The zero-order valence-electron chi connectivity index (χ0n) is 52.2. The van der Waals surface area contributed by atoms with Gasteiger partial charge in [0.1, 0.15) is 23.9 Å². The van der Waals surface area contributed by atoms with Gasteiger partial charge in [-0.3, -0.25) is 9.69 Å². The third-order valence-electron chi connectivity index (χ3n) is 18.6. The molecular formula is C65H103BrN3O13P. The Bertz CT molecular complexity index is 2370. The third kappa shape index (κ3) is 16.2. The van der Waals surface area contributed by atoms with E-state index >= 15 is 0 Å². The Kier molecular flexibility index (Phi) is 24.7. The smallest absolute Gasteiger partial charge is 0.137 e. The fourth-order valence-electron chi connectivity index (χ4n) is 13.6. The van der Waals surface area contributed by atoms with Crippen LogP contribution >= 0.6 is 20.8 Å². The minimum atomic E-state index is -3.00. The van der Waals surface area contributed by atoms with Gasteiger partial charge in [-0.05, 0) is 94.8 Å². The van der Waals surface area contributed by atoms with Crippen LogP contribution in [0.1, 0.15) is 133 Å². The van der Waals surface area contributed by atoms with Crippen LogP contribution in [0, 0.1) is 17.8 Å². The van der Waals surface area contributed by atoms with Crippen LogP contribution in [0.2, 0.25) is 0 Å². The Morgan fingerprint density at radius 2 is 1.34 bits per heavy atom. The number of unbranched alkanes of at least 4 members (excludes halogenated alkanes) is 5. The monoisotopic (exact) mass is 1240 g/mol. The summed E-state index contributed by atoms with van der Waals surface area (Å²) in [6.45, 7) is 18.6. The van der Waals surface area contributed by atoms with Gasteiger partial charge in [0, 0.05) is 38.1 Å². The number of hydrogen-bond donors (Lipinski definition) is 5. The first-order valence-electron chi connectivity index (χ1n) is 30.5. The molecule has 0 spiro atoms. The standard InChI is InChI=1S/C65H103BrN3O13P/c1-15-53-65(10,75)59(82-62(73)67-37-29-18-16-17-19-30-38-83(66,49-31-23-20-24-32-49,50-33-25-21-26-34-50)51-35-27-22-28-36-51)47(6)69(13)42-43(2)40-63(8,74)58(81-61-55(70)52(68(11)12)39-44(3)77-61)45(4)56(46(5)60(72)79-53)80-54-41-64(9,76-14)57(71)48(7)78-54/h20-28,31-36,43-48,52-59,61,70-71,74-75H,15-19,29-30,37-42H2,1-14H3,(H,67,73)/t43-,44-,45+,46-,47-,48+,52+,53-,54+,55-,56+,57+,58-,59-,61+,63-,64-,65-/m1/s1. The second-order valence-electron chi connectivity index (χ2n) is 25.5. The summed E-state index contributed by atoms with van der Waals surface area (Å²) in [5.41, 5.74) is -4.60. The van der Waals surface area contributed by atoms with Crippen molar-refractivity contribution in [1.29, 1.82) is 0 Å². The van der Waals surface area contributed by atoms with Crippen molar-refractivity contribution in [1.82, 2.24) is 15.1 Å². The molecule has 18 heteroatoms. The van der Waals surface area contributed by atoms with Crippen LogP contribution in [0.25, 0.3) is 0 Å². The van der Waals surface area contributed by atoms with E-state index in [0.717, 1.165) is 44.7 Å². The number of esters is 1. The van der Waals surface area contributed by atoms with Crippen LogP contribution < -0.4 is 21.2 Å². The van der Waals surface area contributed by atoms with Crippen molar-refractivity contribution in [3.05, 3.63) is 91.0 Å². The van der Waals surface area contributed by atoms with Gasteiger partial charge in [-0.25, -0.2) is 0 Å². The summed E-state index contributed by atoms with van der Waals surface area (Å²) in [5, 5.41) is 52.5. The van der Waals surface area contributed by atoms with Crippen LogP contribution in [-0.2, 0) is 38.0 Å². The average molecular weight is 1250 g/mol. The summed E-state index contributed by atoms with van der Waals surface area (Å²) < 4.78 is 44.8. The zero-order chi connectivity index (χ0) is 61.1. The molecule has 0 bridgehead atoms. The predicted octanol–water partition coefficient (Wildman–Crippen LogP) is 8.81. The molecule has 468 valence electrons. The van der Waals surface area contributed by atoms with Gasteiger partial charge in [0.05, 0.1) is 41.5 Å². The second kappa shape index (κ2) is 29.7. The first kappa shape index (κ1) is 69.0. The van der Waals surface area contributed by atoms with E-state index in [2.05, 4.69) is 112 Å². The largest absolute Gasteiger partial charge is 0.382 e. The van der Waals surface area contributed by atoms with Gasteiger partial charge in [0.2, 0.25) is 0 Å². The molecule has 83 heavy (non-hydrogen) atoms. The Hall–Kier alpha value is -3.13. The van der Waals surface area contributed by atoms with E-state index in [4.69, 9.17) is 33.2 Å². The summed E-state index contributed by atoms with van der Waals surface area (Å²) in [4.78, 5) is 32.8. The fourth-order valence-corrected chi connectivity index (χ4v) is 21.3. The molecule has 0 aliphatic carbocycles. The van der Waals surface area contributed by atoms with E-state index in [0.29, 0.717) is 19.5 Å². The Balaban J connectivity index is 1.18. The van der Waals surface area contributed by atoms with Crippen molar-refractivity contribution < 1.29 is 63.2 Å². The molecule has 0 unspecified atom stereocenters. The SMILES string of the molecule is CC[C@H]1OC(=O)[C@H](C)[C@@H](O[C@H]2C[C@@](C)(OC)[C@@H](O)[C@H](C)O2)[C@H](C)[C@@H](O[C@@H]2O[C@H](C)C[C@H](N(C)C)[C@H]2O)[C@](C)(O)C[C@@H](C)CN(C)[C@H](C)[C@@H](OC(=O)NCCCCCCCCP(Br)(c2ccccc2)(c2ccccc2)c2ccccc2)[C@]1(C)O. The average Bonchev–Trinajstić information content (AvgIpc) is 2.74. The van der Waals surface area contributed by atoms with Gasteiger partial charge in [0.15, 0.2) is 12.6 Å². The van der Waals surface area contributed by atoms with E-state index < -0.39 is 107 Å². The quantitative estimate of drug-likeness (QED) is 0.0408. The number of alkyl carbamates (subject to hydrolysis) is 1. The molecule has 3 aromatic carbocycles. The molecule has 0 saturated carbocycles. The number of cyclic esters (lactones) is 1. The Morgan fingerprint density at radius 3 is 1.87 bits per heavy atom. The molecule has 16 nitrogen and oxygen atoms in total. The number of rotatable bonds is 20. The summed E-state index contributed by atoms with van der Waals surface area (Å²) in [6, 6.07) is 31.7. The number of nitrogens with one attached hydrogen (secondary N) is 1. The number of hydrogen-bond acceptors (Lipinski definition) is 15. The molecule has 6 rings (SSSR count). The van der Waals surface area contributed by atoms with Gasteiger partial charge in [0.25, 0.3) is 0 Å². The van der Waals surface area contributed by atoms with E-state index in [9.17, 15) is 30.0 Å². The van der Waals surface area contributed by atoms with Crippen LogP contribution in [0.5, 0.6) is 0 Å². The molecule has 3 fully saturated rings. The van der Waals surface area contributed by atoms with Gasteiger partial charge in [-0.15, -0.1) is 0 Å². The zero-order valence-corrected chi connectivity index (χ0v) is 54.7. The second-order valence-corrected chi connectivity index (χ2v) is 34.6. The predicted molar refractivity (Wildman–Crippen MR) is 333 cm³/mol. The van der Waals surface area contributed by atoms with Gasteiger partial charge < -0.3 is 53.7 Å². The maximum atomic E-state index is 14.9. The van der Waals surface area contributed by atoms with E-state index in [1.807, 2.05) is 58.6 Å². The van der Waals surface area contributed by atoms with Crippen LogP contribution in [0.3, 0.4) is 0 Å². The third-order valence-corrected chi connectivity index (χ3v) is 28.6. The number of ether oxygens (including phenoxy) is 7. The molecule has 3 aliphatic heterocycles. The van der Waals surface area contributed by atoms with Crippen molar-refractivity contribution in [2.45, 2.75) is 224 Å². The number of nitrogens with zero attached hydrogens (tertiary/aromatic N) is 2. The molecular weight excluding hydrogens is 1140 g/mol. The molecule has 0 aromatic heterocycles. The van der Waals surface area contributed by atoms with Crippen molar-refractivity contribution in [3.63, 3.8) is 0 Å². The summed E-state index contributed by atoms with van der Waals surface area (Å²) in [5.74, 6) is -2.83. The Morgan fingerprint density at radius 1 is 0.795 bits per heavy atom. The van der Waals surface area contributed by atoms with Crippen LogP contribution in [0.4, 0.5) is 4.79 Å². The number of aliphatic hydroxyl groups is 4. The molecule has 1 amide bonds. The molecule has 18 atom stereocenters. The first-order chi connectivity index (χ1) is 39.1. The maximum Gasteiger partial charge on any atom is 0.137 e. The topological polar surface area (TPSA) is 198 Å². The minimum absolute atomic E-state index is 0.100. The van der Waals surface area contributed by atoms with E-state index in [1.54, 1.807) is 41.5 Å². The molecule has 3 heterocycles. The molecule has 3 aromatic rings. The number of amides is 1. The van der Waals surface area contributed by atoms with Crippen LogP contribution in [0.15, 0.2) is 91.0 Å². The molecule has 0 radical (unpaired) electrons. The van der Waals surface area contributed by atoms with Gasteiger partial charge >= 0.3 is 212 Å². The van der Waals surface area contributed by atoms with E-state index in [1.165, 1.54) is 23.0 Å². The number of likely N-dealkylation sites (N-methyl/N-ethyl adjacent to an activating group) is 2. The first-order valence-corrected chi connectivity index (χ1v) is 35.0. The fraction of sp³-hybridized carbons (Fsp3) is 0.692. The maximum absolute atomic E-state index is 14.9. The molecule has 3 saturated heterocycles. The number of aliphatic hydroxyl groups excluding tert-OH is 2. The summed E-state index contributed by atoms with van der Waals surface area (Å²) in [6.07, 6.45) is -2.71. The summed E-state index contributed by atoms with van der Waals surface area (Å²) >= 11 is 4.58. The number of benzene rings is 3. The minimum Gasteiger partial charge on any atom is -0.382 e. The Labute approximate surface area is 504 Å². The van der Waals surface area contributed by atoms with E-state index in [-0.39, 0.29) is 37.3 Å². The van der Waals surface area contributed by atoms with Crippen LogP contribution in [-0.4, -0.2) is 180 Å². The number of carbonyl (C=O) groups is 2. The number of methoxy groups -OCH3 is 1. The van der Waals surface area contributed by atoms with Gasteiger partial charge in [-0.2, -0.15) is 0 Å². The number of carbonyl (C=O) groups excluding carboxylic acids is 2. The van der Waals surface area contributed by atoms with Crippen molar-refractivity contribution in [2.75, 3.05) is 47.5 Å². The molecule has 5 N–H and O–H groups in total. The van der Waals surface area contributed by atoms with Crippen molar-refractivity contribution in [2.24, 2.45) is 17.8 Å². The summed E-state index contributed by atoms with van der Waals surface area (Å²) in [7, 11) is 7.17. The number of halogens is 1. The van der Waals surface area contributed by atoms with Crippen molar-refractivity contribution in [3.8, 4) is 0 Å². The normalized spacial score (nSPS) is 36.0. The van der Waals surface area contributed by atoms with Gasteiger partial charge in [-0.1, -0.05) is 20.8 Å². The molecule has 3 aliphatic rings.